The maximum absolute atomic E-state index is 12.8. The van der Waals surface area contributed by atoms with E-state index in [-0.39, 0.29) is 30.1 Å². The molecular weight excluding hydrogens is 386 g/mol. The van der Waals surface area contributed by atoms with Gasteiger partial charge in [0.1, 0.15) is 0 Å². The fraction of sp³-hybridized carbons (Fsp3) is 0.391. The van der Waals surface area contributed by atoms with E-state index < -0.39 is 0 Å². The summed E-state index contributed by atoms with van der Waals surface area (Å²) in [7, 11) is 0. The largest absolute Gasteiger partial charge is 0.326 e. The number of amides is 2. The normalized spacial score (nSPS) is 18.3. The number of benzene rings is 2. The van der Waals surface area contributed by atoms with Gasteiger partial charge in [-0.1, -0.05) is 30.3 Å². The van der Waals surface area contributed by atoms with E-state index in [0.29, 0.717) is 6.42 Å². The third-order valence-electron chi connectivity index (χ3n) is 5.66. The summed E-state index contributed by atoms with van der Waals surface area (Å²) in [6.45, 7) is 2.52. The van der Waals surface area contributed by atoms with Crippen LogP contribution in [-0.4, -0.2) is 31.4 Å². The second-order valence-corrected chi connectivity index (χ2v) is 7.68. The molecule has 6 heteroatoms. The van der Waals surface area contributed by atoms with Crippen molar-refractivity contribution in [2.24, 2.45) is 5.92 Å². The molecule has 0 saturated carbocycles. The van der Waals surface area contributed by atoms with Gasteiger partial charge in [0.25, 0.3) is 0 Å². The molecule has 2 aromatic carbocycles. The van der Waals surface area contributed by atoms with E-state index in [4.69, 9.17) is 0 Å². The van der Waals surface area contributed by atoms with Crippen LogP contribution in [0.3, 0.4) is 0 Å². The summed E-state index contributed by atoms with van der Waals surface area (Å²) >= 11 is 0. The zero-order valence-corrected chi connectivity index (χ0v) is 17.3. The van der Waals surface area contributed by atoms with Crippen molar-refractivity contribution < 1.29 is 9.59 Å². The number of hydrogen-bond donors (Lipinski definition) is 2. The van der Waals surface area contributed by atoms with Crippen molar-refractivity contribution in [3.63, 3.8) is 0 Å². The van der Waals surface area contributed by atoms with Crippen LogP contribution in [0.5, 0.6) is 0 Å². The molecule has 0 aromatic heterocycles. The highest BCUT2D eigenvalue weighted by atomic mass is 35.5. The van der Waals surface area contributed by atoms with Crippen LogP contribution in [0, 0.1) is 5.92 Å². The van der Waals surface area contributed by atoms with Crippen molar-refractivity contribution >= 4 is 35.6 Å². The van der Waals surface area contributed by atoms with Gasteiger partial charge in [-0.2, -0.15) is 0 Å². The number of anilines is 2. The predicted octanol–water partition coefficient (Wildman–Crippen LogP) is 3.57. The molecule has 2 aliphatic rings. The molecule has 154 valence electrons. The maximum atomic E-state index is 12.8. The average molecular weight is 414 g/mol. The molecule has 1 saturated heterocycles. The molecule has 4 rings (SSSR count). The SMILES string of the molecule is Cl.O=C(Nc1ccc(CC(=O)N2CCCc3ccccc32)cc1)C1CCCNC1. The Morgan fingerprint density at radius 3 is 2.62 bits per heavy atom. The van der Waals surface area contributed by atoms with Gasteiger partial charge in [-0.3, -0.25) is 9.59 Å². The molecular formula is C23H28ClN3O2. The second-order valence-electron chi connectivity index (χ2n) is 7.68. The third-order valence-corrected chi connectivity index (χ3v) is 5.66. The first-order valence-electron chi connectivity index (χ1n) is 10.2. The predicted molar refractivity (Wildman–Crippen MR) is 119 cm³/mol. The highest BCUT2D eigenvalue weighted by Crippen LogP contribution is 2.27. The minimum atomic E-state index is 0. The Bertz CT molecular complexity index is 847. The van der Waals surface area contributed by atoms with E-state index in [1.807, 2.05) is 47.4 Å². The lowest BCUT2D eigenvalue weighted by molar-refractivity contribution is -0.120. The molecule has 0 spiro atoms. The summed E-state index contributed by atoms with van der Waals surface area (Å²) < 4.78 is 0. The number of aryl methyl sites for hydroxylation is 1. The lowest BCUT2D eigenvalue weighted by Crippen LogP contribution is -2.37. The van der Waals surface area contributed by atoms with Crippen LogP contribution < -0.4 is 15.5 Å². The Morgan fingerprint density at radius 1 is 1.07 bits per heavy atom. The second kappa shape index (κ2) is 9.90. The maximum Gasteiger partial charge on any atom is 0.231 e. The average Bonchev–Trinajstić information content (AvgIpc) is 2.75. The molecule has 2 aromatic rings. The van der Waals surface area contributed by atoms with Gasteiger partial charge in [0.15, 0.2) is 0 Å². The Hall–Kier alpha value is -2.37. The highest BCUT2D eigenvalue weighted by Gasteiger charge is 2.23. The topological polar surface area (TPSA) is 61.4 Å². The fourth-order valence-corrected chi connectivity index (χ4v) is 4.09. The van der Waals surface area contributed by atoms with Gasteiger partial charge in [0, 0.05) is 24.5 Å². The van der Waals surface area contributed by atoms with Crippen molar-refractivity contribution in [1.82, 2.24) is 5.32 Å². The van der Waals surface area contributed by atoms with E-state index in [1.165, 1.54) is 5.56 Å². The number of nitrogens with zero attached hydrogens (tertiary/aromatic N) is 1. The van der Waals surface area contributed by atoms with Gasteiger partial charge in [0.05, 0.1) is 12.3 Å². The lowest BCUT2D eigenvalue weighted by Gasteiger charge is -2.29. The van der Waals surface area contributed by atoms with Crippen LogP contribution >= 0.6 is 12.4 Å². The van der Waals surface area contributed by atoms with E-state index >= 15 is 0 Å². The van der Waals surface area contributed by atoms with Gasteiger partial charge < -0.3 is 15.5 Å². The van der Waals surface area contributed by atoms with Gasteiger partial charge >= 0.3 is 0 Å². The summed E-state index contributed by atoms with van der Waals surface area (Å²) in [6.07, 6.45) is 4.38. The van der Waals surface area contributed by atoms with E-state index in [0.717, 1.165) is 62.3 Å². The van der Waals surface area contributed by atoms with Crippen molar-refractivity contribution in [2.45, 2.75) is 32.1 Å². The van der Waals surface area contributed by atoms with E-state index in [1.54, 1.807) is 0 Å². The monoisotopic (exact) mass is 413 g/mol. The van der Waals surface area contributed by atoms with Gasteiger partial charge in [0.2, 0.25) is 11.8 Å². The number of piperidine rings is 1. The smallest absolute Gasteiger partial charge is 0.231 e. The number of para-hydroxylation sites is 1. The molecule has 1 atom stereocenters. The molecule has 2 N–H and O–H groups in total. The summed E-state index contributed by atoms with van der Waals surface area (Å²) in [4.78, 5) is 27.1. The Balaban J connectivity index is 0.00000240. The zero-order chi connectivity index (χ0) is 19.3. The quantitative estimate of drug-likeness (QED) is 0.805. The Labute approximate surface area is 178 Å². The number of halogens is 1. The van der Waals surface area contributed by atoms with Crippen LogP contribution in [0.2, 0.25) is 0 Å². The molecule has 5 nitrogen and oxygen atoms in total. The minimum Gasteiger partial charge on any atom is -0.326 e. The van der Waals surface area contributed by atoms with Crippen LogP contribution in [-0.2, 0) is 22.4 Å². The van der Waals surface area contributed by atoms with Crippen molar-refractivity contribution in [3.8, 4) is 0 Å². The van der Waals surface area contributed by atoms with E-state index in [9.17, 15) is 9.59 Å². The number of fused-ring (bicyclic) bond motifs is 1. The Morgan fingerprint density at radius 2 is 1.86 bits per heavy atom. The zero-order valence-electron chi connectivity index (χ0n) is 16.5. The minimum absolute atomic E-state index is 0. The first-order chi connectivity index (χ1) is 13.7. The molecule has 2 aliphatic heterocycles. The van der Waals surface area contributed by atoms with Crippen LogP contribution in [0.25, 0.3) is 0 Å². The van der Waals surface area contributed by atoms with Gasteiger partial charge in [-0.25, -0.2) is 0 Å². The van der Waals surface area contributed by atoms with Crippen molar-refractivity contribution in [2.75, 3.05) is 29.9 Å². The third kappa shape index (κ3) is 5.17. The molecule has 0 bridgehead atoms. The molecule has 1 unspecified atom stereocenters. The Kier molecular flexibility index (Phi) is 7.29. The molecule has 29 heavy (non-hydrogen) atoms. The molecule has 2 heterocycles. The number of hydrogen-bond acceptors (Lipinski definition) is 3. The molecule has 2 amide bonds. The van der Waals surface area contributed by atoms with Gasteiger partial charge in [-0.05, 0) is 61.6 Å². The first-order valence-corrected chi connectivity index (χ1v) is 10.2. The van der Waals surface area contributed by atoms with Crippen molar-refractivity contribution in [3.05, 3.63) is 59.7 Å². The molecule has 1 fully saturated rings. The fourth-order valence-electron chi connectivity index (χ4n) is 4.09. The van der Waals surface area contributed by atoms with Crippen LogP contribution in [0.15, 0.2) is 48.5 Å². The van der Waals surface area contributed by atoms with Crippen molar-refractivity contribution in [1.29, 1.82) is 0 Å². The summed E-state index contributed by atoms with van der Waals surface area (Å²) in [5.41, 5.74) is 4.04. The summed E-state index contributed by atoms with van der Waals surface area (Å²) in [6, 6.07) is 15.8. The standard InChI is InChI=1S/C23H27N3O2.ClH/c27-22(26-14-4-7-18-5-1-2-8-21(18)26)15-17-9-11-20(12-10-17)25-23(28)19-6-3-13-24-16-19;/h1-2,5,8-12,19,24H,3-4,6-7,13-16H2,(H,25,28);1H. The number of carbonyl (C=O) groups is 2. The number of carbonyl (C=O) groups excluding carboxylic acids is 2. The first kappa shape index (κ1) is 21.3. The van der Waals surface area contributed by atoms with E-state index in [2.05, 4.69) is 16.7 Å². The molecule has 0 radical (unpaired) electrons. The van der Waals surface area contributed by atoms with Gasteiger partial charge in [-0.15, -0.1) is 12.4 Å². The summed E-state index contributed by atoms with van der Waals surface area (Å²) in [5.74, 6) is 0.229. The van der Waals surface area contributed by atoms with Crippen LogP contribution in [0.1, 0.15) is 30.4 Å². The lowest BCUT2D eigenvalue weighted by atomic mass is 9.98. The number of nitrogens with one attached hydrogen (secondary N) is 2. The molecule has 0 aliphatic carbocycles. The summed E-state index contributed by atoms with van der Waals surface area (Å²) in [5, 5.41) is 6.26. The highest BCUT2D eigenvalue weighted by molar-refractivity contribution is 5.96. The number of rotatable bonds is 4. The van der Waals surface area contributed by atoms with Crippen LogP contribution in [0.4, 0.5) is 11.4 Å².